The predicted octanol–water partition coefficient (Wildman–Crippen LogP) is 1.70. The Morgan fingerprint density at radius 1 is 1.32 bits per heavy atom. The van der Waals surface area contributed by atoms with Crippen LogP contribution in [0.1, 0.15) is 18.4 Å². The molecule has 1 atom stereocenters. The van der Waals surface area contributed by atoms with Crippen LogP contribution in [0.2, 0.25) is 0 Å². The molecule has 1 aliphatic rings. The van der Waals surface area contributed by atoms with Gasteiger partial charge in [-0.2, -0.15) is 0 Å². The third-order valence-corrected chi connectivity index (χ3v) is 4.94. The van der Waals surface area contributed by atoms with E-state index in [0.717, 1.165) is 25.9 Å². The Bertz CT molecular complexity index is 587. The first kappa shape index (κ1) is 16.8. The van der Waals surface area contributed by atoms with Crippen molar-refractivity contribution in [2.24, 2.45) is 5.92 Å². The minimum absolute atomic E-state index is 0.0796. The molecule has 2 amide bonds. The molecule has 0 aliphatic carbocycles. The van der Waals surface area contributed by atoms with Gasteiger partial charge in [-0.15, -0.1) is 0 Å². The van der Waals surface area contributed by atoms with Gasteiger partial charge in [0, 0.05) is 25.9 Å². The summed E-state index contributed by atoms with van der Waals surface area (Å²) < 4.78 is 22.1. The van der Waals surface area contributed by atoms with Crippen LogP contribution in [0, 0.1) is 5.92 Å². The summed E-state index contributed by atoms with van der Waals surface area (Å²) in [5, 5.41) is 2.80. The second-order valence-electron chi connectivity index (χ2n) is 6.01. The first-order valence-electron chi connectivity index (χ1n) is 7.68. The number of amides is 2. The van der Waals surface area contributed by atoms with Crippen LogP contribution in [-0.4, -0.2) is 51.0 Å². The van der Waals surface area contributed by atoms with Gasteiger partial charge in [0.15, 0.2) is 0 Å². The Morgan fingerprint density at radius 3 is 2.73 bits per heavy atom. The van der Waals surface area contributed by atoms with E-state index in [1.165, 1.54) is 11.8 Å². The average Bonchev–Trinajstić information content (AvgIpc) is 2.92. The maximum Gasteiger partial charge on any atom is 0.317 e. The largest absolute Gasteiger partial charge is 0.338 e. The van der Waals surface area contributed by atoms with Gasteiger partial charge in [0.25, 0.3) is 0 Å². The lowest BCUT2D eigenvalue weighted by Gasteiger charge is -2.17. The van der Waals surface area contributed by atoms with E-state index in [4.69, 9.17) is 0 Å². The van der Waals surface area contributed by atoms with Crippen molar-refractivity contribution in [2.75, 3.05) is 31.6 Å². The number of sulfone groups is 1. The summed E-state index contributed by atoms with van der Waals surface area (Å²) in [6, 6.07) is 10.2. The Labute approximate surface area is 132 Å². The fraction of sp³-hybridized carbons (Fsp3) is 0.562. The SMILES string of the molecule is CS(=O)(=O)CCCNC(=O)N1CC[C@H](Cc2ccccc2)C1. The van der Waals surface area contributed by atoms with Crippen LogP contribution in [0.5, 0.6) is 0 Å². The summed E-state index contributed by atoms with van der Waals surface area (Å²) in [5.41, 5.74) is 1.31. The number of rotatable bonds is 6. The smallest absolute Gasteiger partial charge is 0.317 e. The Hall–Kier alpha value is -1.56. The highest BCUT2D eigenvalue weighted by Gasteiger charge is 2.25. The van der Waals surface area contributed by atoms with Gasteiger partial charge in [-0.3, -0.25) is 0 Å². The molecule has 0 saturated carbocycles. The Kier molecular flexibility index (Phi) is 5.83. The number of benzene rings is 1. The Morgan fingerprint density at radius 2 is 2.05 bits per heavy atom. The minimum atomic E-state index is -2.95. The lowest BCUT2D eigenvalue weighted by atomic mass is 9.99. The van der Waals surface area contributed by atoms with Crippen LogP contribution in [0.15, 0.2) is 30.3 Å². The first-order chi connectivity index (χ1) is 10.4. The van der Waals surface area contributed by atoms with Crippen molar-refractivity contribution in [3.8, 4) is 0 Å². The second-order valence-corrected chi connectivity index (χ2v) is 8.27. The number of hydrogen-bond acceptors (Lipinski definition) is 3. The summed E-state index contributed by atoms with van der Waals surface area (Å²) in [6.07, 6.45) is 3.69. The first-order valence-corrected chi connectivity index (χ1v) is 9.74. The van der Waals surface area contributed by atoms with Crippen molar-refractivity contribution in [2.45, 2.75) is 19.3 Å². The van der Waals surface area contributed by atoms with E-state index in [1.807, 2.05) is 23.1 Å². The highest BCUT2D eigenvalue weighted by atomic mass is 32.2. The van der Waals surface area contributed by atoms with Gasteiger partial charge in [0.1, 0.15) is 9.84 Å². The fourth-order valence-electron chi connectivity index (χ4n) is 2.77. The maximum atomic E-state index is 12.0. The molecule has 0 bridgehead atoms. The zero-order chi connectivity index (χ0) is 16.0. The van der Waals surface area contributed by atoms with Gasteiger partial charge >= 0.3 is 6.03 Å². The van der Waals surface area contributed by atoms with E-state index in [0.29, 0.717) is 18.9 Å². The van der Waals surface area contributed by atoms with E-state index in [-0.39, 0.29) is 11.8 Å². The van der Waals surface area contributed by atoms with Crippen molar-refractivity contribution in [1.29, 1.82) is 0 Å². The molecule has 1 aliphatic heterocycles. The lowest BCUT2D eigenvalue weighted by Crippen LogP contribution is -2.39. The molecule has 2 rings (SSSR count). The van der Waals surface area contributed by atoms with Gasteiger partial charge < -0.3 is 10.2 Å². The molecular formula is C16H24N2O3S. The summed E-state index contributed by atoms with van der Waals surface area (Å²) in [4.78, 5) is 13.9. The average molecular weight is 324 g/mol. The van der Waals surface area contributed by atoms with Crippen LogP contribution in [-0.2, 0) is 16.3 Å². The zero-order valence-corrected chi connectivity index (χ0v) is 13.8. The molecule has 1 aromatic rings. The maximum absolute atomic E-state index is 12.0. The molecule has 0 spiro atoms. The normalized spacial score (nSPS) is 18.4. The molecule has 1 heterocycles. The van der Waals surface area contributed by atoms with Crippen molar-refractivity contribution >= 4 is 15.9 Å². The quantitative estimate of drug-likeness (QED) is 0.810. The topological polar surface area (TPSA) is 66.5 Å². The van der Waals surface area contributed by atoms with E-state index in [1.54, 1.807) is 0 Å². The number of urea groups is 1. The van der Waals surface area contributed by atoms with Crippen LogP contribution in [0.4, 0.5) is 4.79 Å². The fourth-order valence-corrected chi connectivity index (χ4v) is 3.44. The van der Waals surface area contributed by atoms with Crippen LogP contribution in [0.25, 0.3) is 0 Å². The number of nitrogens with zero attached hydrogens (tertiary/aromatic N) is 1. The van der Waals surface area contributed by atoms with E-state index in [2.05, 4.69) is 17.4 Å². The Balaban J connectivity index is 1.70. The highest BCUT2D eigenvalue weighted by Crippen LogP contribution is 2.20. The number of hydrogen-bond donors (Lipinski definition) is 1. The molecule has 22 heavy (non-hydrogen) atoms. The predicted molar refractivity (Wildman–Crippen MR) is 87.6 cm³/mol. The van der Waals surface area contributed by atoms with Gasteiger partial charge in [0.05, 0.1) is 5.75 Å². The molecule has 0 radical (unpaired) electrons. The standard InChI is InChI=1S/C16H24N2O3S/c1-22(20,21)11-5-9-17-16(19)18-10-8-15(13-18)12-14-6-3-2-4-7-14/h2-4,6-7,15H,5,8-13H2,1H3,(H,17,19)/t15-/m1/s1. The molecule has 6 heteroatoms. The molecule has 122 valence electrons. The van der Waals surface area contributed by atoms with Crippen LogP contribution in [0.3, 0.4) is 0 Å². The summed E-state index contributed by atoms with van der Waals surface area (Å²) in [5.74, 6) is 0.619. The van der Waals surface area contributed by atoms with E-state index >= 15 is 0 Å². The van der Waals surface area contributed by atoms with Crippen LogP contribution >= 0.6 is 0 Å². The molecule has 1 fully saturated rings. The number of carbonyl (C=O) groups excluding carboxylic acids is 1. The van der Waals surface area contributed by atoms with Gasteiger partial charge in [-0.05, 0) is 30.7 Å². The molecule has 0 aromatic heterocycles. The van der Waals surface area contributed by atoms with Gasteiger partial charge in [-0.1, -0.05) is 30.3 Å². The van der Waals surface area contributed by atoms with Gasteiger partial charge in [0.2, 0.25) is 0 Å². The van der Waals surface area contributed by atoms with E-state index in [9.17, 15) is 13.2 Å². The van der Waals surface area contributed by atoms with Crippen molar-refractivity contribution in [3.05, 3.63) is 35.9 Å². The molecule has 1 saturated heterocycles. The van der Waals surface area contributed by atoms with E-state index < -0.39 is 9.84 Å². The number of likely N-dealkylation sites (tertiary alicyclic amines) is 1. The lowest BCUT2D eigenvalue weighted by molar-refractivity contribution is 0.207. The highest BCUT2D eigenvalue weighted by molar-refractivity contribution is 7.90. The third-order valence-electron chi connectivity index (χ3n) is 3.91. The monoisotopic (exact) mass is 324 g/mol. The van der Waals surface area contributed by atoms with Crippen molar-refractivity contribution < 1.29 is 13.2 Å². The molecule has 1 N–H and O–H groups in total. The van der Waals surface area contributed by atoms with Crippen LogP contribution < -0.4 is 5.32 Å². The number of carbonyl (C=O) groups is 1. The second kappa shape index (κ2) is 7.63. The molecule has 0 unspecified atom stereocenters. The van der Waals surface area contributed by atoms with Crippen molar-refractivity contribution in [1.82, 2.24) is 10.2 Å². The minimum Gasteiger partial charge on any atom is -0.338 e. The summed E-state index contributed by atoms with van der Waals surface area (Å²) in [6.45, 7) is 1.95. The summed E-state index contributed by atoms with van der Waals surface area (Å²) in [7, 11) is -2.95. The molecule has 1 aromatic carbocycles. The number of nitrogens with one attached hydrogen (secondary N) is 1. The molecule has 5 nitrogen and oxygen atoms in total. The zero-order valence-electron chi connectivity index (χ0n) is 13.0. The van der Waals surface area contributed by atoms with Gasteiger partial charge in [-0.25, -0.2) is 13.2 Å². The molecular weight excluding hydrogens is 300 g/mol. The van der Waals surface area contributed by atoms with Crippen molar-refractivity contribution in [3.63, 3.8) is 0 Å². The summed E-state index contributed by atoms with van der Waals surface area (Å²) >= 11 is 0. The third kappa shape index (κ3) is 5.67.